The first kappa shape index (κ1) is 15.8. The van der Waals surface area contributed by atoms with Crippen LogP contribution in [0.15, 0.2) is 34.9 Å². The number of anilines is 1. The first-order valence-electron chi connectivity index (χ1n) is 5.53. The maximum atomic E-state index is 12.2. The Bertz CT molecular complexity index is 737. The fourth-order valence-electron chi connectivity index (χ4n) is 1.53. The van der Waals surface area contributed by atoms with Gasteiger partial charge in [-0.15, -0.1) is 0 Å². The van der Waals surface area contributed by atoms with Crippen molar-refractivity contribution in [2.24, 2.45) is 0 Å². The van der Waals surface area contributed by atoms with Gasteiger partial charge in [0, 0.05) is 10.7 Å². The van der Waals surface area contributed by atoms with Gasteiger partial charge in [0.25, 0.3) is 5.91 Å². The van der Waals surface area contributed by atoms with E-state index in [0.29, 0.717) is 4.47 Å². The molecule has 1 heterocycles. The zero-order valence-corrected chi connectivity index (χ0v) is 13.3. The van der Waals surface area contributed by atoms with E-state index in [9.17, 15) is 9.59 Å². The number of aromatic nitrogens is 1. The summed E-state index contributed by atoms with van der Waals surface area (Å²) in [5.74, 6) is -1.66. The van der Waals surface area contributed by atoms with E-state index in [1.165, 1.54) is 30.5 Å². The topological polar surface area (TPSA) is 79.3 Å². The van der Waals surface area contributed by atoms with Crippen molar-refractivity contribution in [2.45, 2.75) is 0 Å². The van der Waals surface area contributed by atoms with Crippen LogP contribution >= 0.6 is 39.1 Å². The number of carbonyl (C=O) groups excluding carboxylic acids is 1. The maximum Gasteiger partial charge on any atom is 0.335 e. The second-order valence-electron chi connectivity index (χ2n) is 3.95. The average molecular weight is 390 g/mol. The molecule has 0 aliphatic rings. The molecule has 5 nitrogen and oxygen atoms in total. The van der Waals surface area contributed by atoms with Gasteiger partial charge in [-0.05, 0) is 40.2 Å². The number of hydrogen-bond acceptors (Lipinski definition) is 3. The molecule has 0 radical (unpaired) electrons. The molecule has 0 aliphatic heterocycles. The van der Waals surface area contributed by atoms with Crippen LogP contribution in [0.2, 0.25) is 10.2 Å². The third kappa shape index (κ3) is 3.72. The summed E-state index contributed by atoms with van der Waals surface area (Å²) < 4.78 is 0.586. The molecule has 108 valence electrons. The highest BCUT2D eigenvalue weighted by molar-refractivity contribution is 9.10. The summed E-state index contributed by atoms with van der Waals surface area (Å²) in [7, 11) is 0. The number of carbonyl (C=O) groups is 2. The van der Waals surface area contributed by atoms with Crippen molar-refractivity contribution in [1.29, 1.82) is 0 Å². The van der Waals surface area contributed by atoms with Gasteiger partial charge in [0.2, 0.25) is 0 Å². The average Bonchev–Trinajstić information content (AvgIpc) is 2.43. The minimum Gasteiger partial charge on any atom is -0.478 e. The molecule has 1 amide bonds. The van der Waals surface area contributed by atoms with Crippen LogP contribution in [-0.2, 0) is 0 Å². The van der Waals surface area contributed by atoms with Gasteiger partial charge < -0.3 is 10.4 Å². The molecule has 0 unspecified atom stereocenters. The SMILES string of the molecule is O=C(O)c1ccc(Cl)c(NC(=O)c2cc(Br)cnc2Cl)c1. The molecule has 0 saturated heterocycles. The molecule has 2 aromatic rings. The summed E-state index contributed by atoms with van der Waals surface area (Å²) in [4.78, 5) is 26.9. The Morgan fingerprint density at radius 1 is 1.24 bits per heavy atom. The number of rotatable bonds is 3. The maximum absolute atomic E-state index is 12.2. The van der Waals surface area contributed by atoms with E-state index in [-0.39, 0.29) is 27.0 Å². The first-order chi connectivity index (χ1) is 9.88. The Morgan fingerprint density at radius 3 is 2.62 bits per heavy atom. The number of nitrogens with zero attached hydrogens (tertiary/aromatic N) is 1. The van der Waals surface area contributed by atoms with Crippen molar-refractivity contribution < 1.29 is 14.7 Å². The predicted octanol–water partition coefficient (Wildman–Crippen LogP) is 4.10. The molecule has 0 aliphatic carbocycles. The summed E-state index contributed by atoms with van der Waals surface area (Å²) in [6, 6.07) is 5.50. The zero-order chi connectivity index (χ0) is 15.6. The third-order valence-corrected chi connectivity index (χ3v) is 3.58. The monoisotopic (exact) mass is 388 g/mol. The minimum absolute atomic E-state index is 0.00756. The lowest BCUT2D eigenvalue weighted by molar-refractivity contribution is 0.0696. The molecular formula is C13H7BrCl2N2O3. The molecule has 21 heavy (non-hydrogen) atoms. The molecule has 2 rings (SSSR count). The number of halogens is 3. The van der Waals surface area contributed by atoms with Crippen LogP contribution < -0.4 is 5.32 Å². The van der Waals surface area contributed by atoms with Crippen LogP contribution in [0.5, 0.6) is 0 Å². The number of carboxylic acids is 1. The van der Waals surface area contributed by atoms with Crippen LogP contribution in [0.1, 0.15) is 20.7 Å². The summed E-state index contributed by atoms with van der Waals surface area (Å²) >= 11 is 15.0. The van der Waals surface area contributed by atoms with Crippen molar-refractivity contribution in [2.75, 3.05) is 5.32 Å². The summed E-state index contributed by atoms with van der Waals surface area (Å²) in [6.07, 6.45) is 1.46. The molecule has 1 aromatic carbocycles. The quantitative estimate of drug-likeness (QED) is 0.774. The van der Waals surface area contributed by atoms with Crippen molar-refractivity contribution >= 4 is 56.7 Å². The number of hydrogen-bond donors (Lipinski definition) is 2. The van der Waals surface area contributed by atoms with E-state index < -0.39 is 11.9 Å². The normalized spacial score (nSPS) is 10.2. The van der Waals surface area contributed by atoms with Crippen molar-refractivity contribution in [3.8, 4) is 0 Å². The van der Waals surface area contributed by atoms with Crippen LogP contribution in [0.4, 0.5) is 5.69 Å². The van der Waals surface area contributed by atoms with Crippen LogP contribution in [-0.4, -0.2) is 22.0 Å². The number of carboxylic acid groups (broad SMARTS) is 1. The number of nitrogens with one attached hydrogen (secondary N) is 1. The minimum atomic E-state index is -1.12. The molecule has 0 bridgehead atoms. The summed E-state index contributed by atoms with van der Waals surface area (Å²) in [5, 5.41) is 11.7. The van der Waals surface area contributed by atoms with E-state index >= 15 is 0 Å². The van der Waals surface area contributed by atoms with E-state index in [4.69, 9.17) is 28.3 Å². The van der Waals surface area contributed by atoms with E-state index in [1.54, 1.807) is 0 Å². The van der Waals surface area contributed by atoms with Gasteiger partial charge in [-0.1, -0.05) is 23.2 Å². The fourth-order valence-corrected chi connectivity index (χ4v) is 2.21. The Labute approximate surface area is 138 Å². The highest BCUT2D eigenvalue weighted by Gasteiger charge is 2.15. The third-order valence-electron chi connectivity index (χ3n) is 2.51. The fraction of sp³-hybridized carbons (Fsp3) is 0. The Balaban J connectivity index is 2.33. The lowest BCUT2D eigenvalue weighted by atomic mass is 10.2. The van der Waals surface area contributed by atoms with Gasteiger partial charge in [-0.2, -0.15) is 0 Å². The molecule has 2 N–H and O–H groups in total. The predicted molar refractivity (Wildman–Crippen MR) is 83.3 cm³/mol. The molecule has 8 heteroatoms. The number of benzene rings is 1. The molecule has 1 aromatic heterocycles. The van der Waals surface area contributed by atoms with Crippen molar-refractivity contribution in [3.05, 3.63) is 56.2 Å². The standard InChI is InChI=1S/C13H7BrCl2N2O3/c14-7-4-8(11(16)17-5-7)12(19)18-10-3-6(13(20)21)1-2-9(10)15/h1-5H,(H,18,19)(H,20,21). The lowest BCUT2D eigenvalue weighted by Crippen LogP contribution is -2.14. The number of aromatic carboxylic acids is 1. The Hall–Kier alpha value is -1.63. The van der Waals surface area contributed by atoms with Gasteiger partial charge in [0.05, 0.1) is 21.8 Å². The van der Waals surface area contributed by atoms with Gasteiger partial charge in [-0.3, -0.25) is 4.79 Å². The van der Waals surface area contributed by atoms with E-state index in [1.807, 2.05) is 0 Å². The molecule has 0 spiro atoms. The van der Waals surface area contributed by atoms with Crippen molar-refractivity contribution in [1.82, 2.24) is 4.98 Å². The Morgan fingerprint density at radius 2 is 1.95 bits per heavy atom. The van der Waals surface area contributed by atoms with Gasteiger partial charge in [0.15, 0.2) is 0 Å². The van der Waals surface area contributed by atoms with Crippen LogP contribution in [0.25, 0.3) is 0 Å². The number of pyridine rings is 1. The number of amides is 1. The highest BCUT2D eigenvalue weighted by Crippen LogP contribution is 2.25. The second kappa shape index (κ2) is 6.43. The van der Waals surface area contributed by atoms with Crippen LogP contribution in [0, 0.1) is 0 Å². The summed E-state index contributed by atoms with van der Waals surface area (Å²) in [6.45, 7) is 0. The van der Waals surface area contributed by atoms with Crippen molar-refractivity contribution in [3.63, 3.8) is 0 Å². The molecule has 0 atom stereocenters. The molecular weight excluding hydrogens is 383 g/mol. The van der Waals surface area contributed by atoms with Crippen LogP contribution in [0.3, 0.4) is 0 Å². The molecule has 0 saturated carbocycles. The van der Waals surface area contributed by atoms with E-state index in [0.717, 1.165) is 0 Å². The van der Waals surface area contributed by atoms with Gasteiger partial charge >= 0.3 is 5.97 Å². The smallest absolute Gasteiger partial charge is 0.335 e. The lowest BCUT2D eigenvalue weighted by Gasteiger charge is -2.09. The first-order valence-corrected chi connectivity index (χ1v) is 7.08. The highest BCUT2D eigenvalue weighted by atomic mass is 79.9. The Kier molecular flexibility index (Phi) is 4.82. The summed E-state index contributed by atoms with van der Waals surface area (Å²) in [5.41, 5.74) is 0.327. The zero-order valence-electron chi connectivity index (χ0n) is 10.2. The van der Waals surface area contributed by atoms with Gasteiger partial charge in [0.1, 0.15) is 5.15 Å². The molecule has 0 fully saturated rings. The van der Waals surface area contributed by atoms with E-state index in [2.05, 4.69) is 26.2 Å². The largest absolute Gasteiger partial charge is 0.478 e. The second-order valence-corrected chi connectivity index (χ2v) is 5.63. The van der Waals surface area contributed by atoms with Gasteiger partial charge in [-0.25, -0.2) is 9.78 Å².